The summed E-state index contributed by atoms with van der Waals surface area (Å²) in [6.07, 6.45) is 0.838. The van der Waals surface area contributed by atoms with Crippen molar-refractivity contribution in [2.24, 2.45) is 11.7 Å². The molecule has 0 spiro atoms. The molecule has 0 bridgehead atoms. The first-order chi connectivity index (χ1) is 9.43. The highest BCUT2D eigenvalue weighted by atomic mass is 32.1. The van der Waals surface area contributed by atoms with Crippen molar-refractivity contribution in [1.82, 2.24) is 10.2 Å². The number of nitrogens with zero attached hydrogens (tertiary/aromatic N) is 1. The summed E-state index contributed by atoms with van der Waals surface area (Å²) in [5.41, 5.74) is 5.64. The van der Waals surface area contributed by atoms with E-state index in [9.17, 15) is 9.59 Å². The third-order valence-electron chi connectivity index (χ3n) is 2.86. The Morgan fingerprint density at radius 3 is 2.65 bits per heavy atom. The average Bonchev–Trinajstić information content (AvgIpc) is 2.89. The second-order valence-corrected chi connectivity index (χ2v) is 6.22. The smallest absolute Gasteiger partial charge is 0.264 e. The third-order valence-corrected chi connectivity index (χ3v) is 3.72. The second kappa shape index (κ2) is 8.01. The van der Waals surface area contributed by atoms with Crippen molar-refractivity contribution in [1.29, 1.82) is 0 Å². The van der Waals surface area contributed by atoms with E-state index in [-0.39, 0.29) is 24.4 Å². The molecule has 1 rings (SSSR count). The van der Waals surface area contributed by atoms with Crippen LogP contribution in [0.2, 0.25) is 0 Å². The fraction of sp³-hybridized carbons (Fsp3) is 0.571. The third kappa shape index (κ3) is 5.30. The monoisotopic (exact) mass is 297 g/mol. The molecule has 0 fully saturated rings. The van der Waals surface area contributed by atoms with E-state index in [2.05, 4.69) is 19.2 Å². The molecule has 6 heteroatoms. The molecule has 3 N–H and O–H groups in total. The van der Waals surface area contributed by atoms with Gasteiger partial charge in [0.15, 0.2) is 0 Å². The molecular weight excluding hydrogens is 274 g/mol. The summed E-state index contributed by atoms with van der Waals surface area (Å²) in [6, 6.07) is 3.54. The van der Waals surface area contributed by atoms with Crippen LogP contribution in [-0.4, -0.2) is 42.9 Å². The van der Waals surface area contributed by atoms with E-state index >= 15 is 0 Å². The van der Waals surface area contributed by atoms with Gasteiger partial charge in [-0.25, -0.2) is 0 Å². The lowest BCUT2D eigenvalue weighted by molar-refractivity contribution is -0.122. The molecule has 5 nitrogen and oxygen atoms in total. The summed E-state index contributed by atoms with van der Waals surface area (Å²) in [6.45, 7) is 4.63. The highest BCUT2D eigenvalue weighted by Gasteiger charge is 2.18. The maximum absolute atomic E-state index is 12.0. The molecule has 112 valence electrons. The molecule has 1 atom stereocenters. The first-order valence-corrected chi connectivity index (χ1v) is 7.60. The molecule has 1 heterocycles. The van der Waals surface area contributed by atoms with Gasteiger partial charge in [-0.3, -0.25) is 9.59 Å². The first-order valence-electron chi connectivity index (χ1n) is 6.72. The van der Waals surface area contributed by atoms with Crippen LogP contribution < -0.4 is 11.1 Å². The zero-order valence-corrected chi connectivity index (χ0v) is 13.1. The van der Waals surface area contributed by atoms with E-state index in [1.165, 1.54) is 16.2 Å². The molecular formula is C14H23N3O2S. The predicted molar refractivity (Wildman–Crippen MR) is 81.7 cm³/mol. The number of carbonyl (C=O) groups excluding carboxylic acids is 2. The normalized spacial score (nSPS) is 12.2. The Labute approximate surface area is 124 Å². The van der Waals surface area contributed by atoms with Crippen LogP contribution >= 0.6 is 11.3 Å². The zero-order chi connectivity index (χ0) is 15.1. The summed E-state index contributed by atoms with van der Waals surface area (Å²) < 4.78 is 0. The average molecular weight is 297 g/mol. The molecule has 0 radical (unpaired) electrons. The van der Waals surface area contributed by atoms with E-state index in [0.29, 0.717) is 17.3 Å². The van der Waals surface area contributed by atoms with E-state index in [4.69, 9.17) is 5.73 Å². The molecule has 0 saturated heterocycles. The fourth-order valence-corrected chi connectivity index (χ4v) is 2.65. The van der Waals surface area contributed by atoms with Crippen LogP contribution in [0.15, 0.2) is 17.5 Å². The Bertz CT molecular complexity index is 432. The number of nitrogens with two attached hydrogens (primary N) is 1. The maximum atomic E-state index is 12.0. The summed E-state index contributed by atoms with van der Waals surface area (Å²) in [4.78, 5) is 26.0. The molecule has 1 unspecified atom stereocenters. The van der Waals surface area contributed by atoms with Gasteiger partial charge in [0, 0.05) is 19.6 Å². The lowest BCUT2D eigenvalue weighted by atomic mass is 10.0. The maximum Gasteiger partial charge on any atom is 0.264 e. The van der Waals surface area contributed by atoms with Crippen molar-refractivity contribution < 1.29 is 9.59 Å². The highest BCUT2D eigenvalue weighted by molar-refractivity contribution is 7.12. The lowest BCUT2D eigenvalue weighted by Crippen LogP contribution is -2.46. The predicted octanol–water partition coefficient (Wildman–Crippen LogP) is 1.31. The minimum Gasteiger partial charge on any atom is -0.351 e. The van der Waals surface area contributed by atoms with E-state index in [0.717, 1.165) is 6.42 Å². The molecule has 2 amide bonds. The number of thiophene rings is 1. The van der Waals surface area contributed by atoms with E-state index in [1.54, 1.807) is 13.1 Å². The molecule has 1 aromatic rings. The van der Waals surface area contributed by atoms with Crippen molar-refractivity contribution in [3.63, 3.8) is 0 Å². The largest absolute Gasteiger partial charge is 0.351 e. The minimum atomic E-state index is -0.173. The van der Waals surface area contributed by atoms with Gasteiger partial charge in [-0.2, -0.15) is 0 Å². The Balaban J connectivity index is 2.47. The van der Waals surface area contributed by atoms with Crippen LogP contribution in [0, 0.1) is 5.92 Å². The number of rotatable bonds is 7. The Morgan fingerprint density at radius 1 is 1.45 bits per heavy atom. The zero-order valence-electron chi connectivity index (χ0n) is 12.3. The van der Waals surface area contributed by atoms with Crippen LogP contribution in [0.25, 0.3) is 0 Å². The van der Waals surface area contributed by atoms with Gasteiger partial charge in [-0.05, 0) is 23.8 Å². The van der Waals surface area contributed by atoms with Gasteiger partial charge in [-0.1, -0.05) is 19.9 Å². The lowest BCUT2D eigenvalue weighted by Gasteiger charge is -2.21. The van der Waals surface area contributed by atoms with Crippen molar-refractivity contribution in [2.75, 3.05) is 20.1 Å². The standard InChI is InChI=1S/C14H23N3O2S/c1-10(2)7-11(8-15)16-13(18)9-17(3)14(19)12-5-4-6-20-12/h4-6,10-11H,7-9,15H2,1-3H3,(H,16,18). The Morgan fingerprint density at radius 2 is 2.15 bits per heavy atom. The second-order valence-electron chi connectivity index (χ2n) is 5.27. The van der Waals surface area contributed by atoms with Crippen molar-refractivity contribution in [3.8, 4) is 0 Å². The molecule has 0 aliphatic rings. The molecule has 0 aliphatic carbocycles. The van der Waals surface area contributed by atoms with Gasteiger partial charge in [-0.15, -0.1) is 11.3 Å². The van der Waals surface area contributed by atoms with Crippen molar-refractivity contribution in [2.45, 2.75) is 26.3 Å². The van der Waals surface area contributed by atoms with Crippen LogP contribution in [0.5, 0.6) is 0 Å². The quantitative estimate of drug-likeness (QED) is 0.797. The van der Waals surface area contributed by atoms with Crippen molar-refractivity contribution in [3.05, 3.63) is 22.4 Å². The molecule has 0 saturated carbocycles. The summed E-state index contributed by atoms with van der Waals surface area (Å²) in [5.74, 6) is 0.158. The van der Waals surface area contributed by atoms with Crippen LogP contribution in [0.1, 0.15) is 29.9 Å². The van der Waals surface area contributed by atoms with Crippen LogP contribution in [0.4, 0.5) is 0 Å². The first kappa shape index (κ1) is 16.7. The number of amides is 2. The van der Waals surface area contributed by atoms with Crippen molar-refractivity contribution >= 4 is 23.2 Å². The highest BCUT2D eigenvalue weighted by Crippen LogP contribution is 2.11. The molecule has 0 aromatic carbocycles. The van der Waals surface area contributed by atoms with Gasteiger partial charge >= 0.3 is 0 Å². The van der Waals surface area contributed by atoms with Gasteiger partial charge in [0.1, 0.15) is 0 Å². The SMILES string of the molecule is CC(C)CC(CN)NC(=O)CN(C)C(=O)c1cccs1. The van der Waals surface area contributed by atoms with Crippen LogP contribution in [-0.2, 0) is 4.79 Å². The fourth-order valence-electron chi connectivity index (χ4n) is 1.93. The minimum absolute atomic E-state index is 0.0345. The van der Waals surface area contributed by atoms with Gasteiger partial charge in [0.25, 0.3) is 5.91 Å². The Hall–Kier alpha value is -1.40. The number of likely N-dealkylation sites (N-methyl/N-ethyl adjacent to an activating group) is 1. The van der Waals surface area contributed by atoms with Gasteiger partial charge in [0.2, 0.25) is 5.91 Å². The summed E-state index contributed by atoms with van der Waals surface area (Å²) in [5, 5.41) is 4.72. The van der Waals surface area contributed by atoms with E-state index < -0.39 is 0 Å². The Kier molecular flexibility index (Phi) is 6.67. The topological polar surface area (TPSA) is 75.4 Å². The number of hydrogen-bond acceptors (Lipinski definition) is 4. The van der Waals surface area contributed by atoms with Gasteiger partial charge in [0.05, 0.1) is 11.4 Å². The number of hydrogen-bond donors (Lipinski definition) is 2. The molecule has 0 aliphatic heterocycles. The van der Waals surface area contributed by atoms with Gasteiger partial charge < -0.3 is 16.0 Å². The van der Waals surface area contributed by atoms with E-state index in [1.807, 2.05) is 11.4 Å². The number of carbonyl (C=O) groups is 2. The van der Waals surface area contributed by atoms with Crippen LogP contribution in [0.3, 0.4) is 0 Å². The summed E-state index contributed by atoms with van der Waals surface area (Å²) >= 11 is 1.37. The molecule has 20 heavy (non-hydrogen) atoms. The summed E-state index contributed by atoms with van der Waals surface area (Å²) in [7, 11) is 1.63. The number of nitrogens with one attached hydrogen (secondary N) is 1. The molecule has 1 aromatic heterocycles.